The van der Waals surface area contributed by atoms with Gasteiger partial charge in [-0.3, -0.25) is 9.69 Å². The molecule has 25 heavy (non-hydrogen) atoms. The molecule has 4 rings (SSSR count). The number of piperidine rings is 1. The second-order valence-corrected chi connectivity index (χ2v) is 7.04. The van der Waals surface area contributed by atoms with E-state index in [-0.39, 0.29) is 5.91 Å². The predicted octanol–water partition coefficient (Wildman–Crippen LogP) is 3.79. The lowest BCUT2D eigenvalue weighted by Gasteiger charge is -2.32. The van der Waals surface area contributed by atoms with Crippen LogP contribution in [0.3, 0.4) is 0 Å². The average Bonchev–Trinajstić information content (AvgIpc) is 2.64. The van der Waals surface area contributed by atoms with Crippen molar-refractivity contribution >= 4 is 11.6 Å². The highest BCUT2D eigenvalue weighted by Gasteiger charge is 2.24. The van der Waals surface area contributed by atoms with Crippen LogP contribution >= 0.6 is 0 Å². The monoisotopic (exact) mass is 336 g/mol. The number of rotatable bonds is 3. The fourth-order valence-corrected chi connectivity index (χ4v) is 3.76. The molecule has 1 fully saturated rings. The van der Waals surface area contributed by atoms with Gasteiger partial charge in [0.15, 0.2) is 6.10 Å². The van der Waals surface area contributed by atoms with Crippen LogP contribution in [-0.2, 0) is 11.3 Å². The molecule has 0 saturated carbocycles. The van der Waals surface area contributed by atoms with Crippen molar-refractivity contribution < 1.29 is 9.53 Å². The molecule has 0 radical (unpaired) electrons. The summed E-state index contributed by atoms with van der Waals surface area (Å²) in [6, 6.07) is 16.9. The van der Waals surface area contributed by atoms with Crippen molar-refractivity contribution in [2.45, 2.75) is 38.3 Å². The molecule has 2 aromatic carbocycles. The standard InChI is InChI=1S/C21H24N2O2/c1-15-21(24)22-19-13-16(7-8-20(19)25-15)14-23-11-9-18(10-12-23)17-5-3-2-4-6-17/h2-8,13,15,18H,9-12,14H2,1H3,(H,22,24)/t15-/m1/s1. The zero-order valence-corrected chi connectivity index (χ0v) is 14.6. The van der Waals surface area contributed by atoms with Crippen molar-refractivity contribution in [2.24, 2.45) is 0 Å². The van der Waals surface area contributed by atoms with Crippen LogP contribution in [0.25, 0.3) is 0 Å². The minimum absolute atomic E-state index is 0.0756. The van der Waals surface area contributed by atoms with E-state index < -0.39 is 6.10 Å². The highest BCUT2D eigenvalue weighted by atomic mass is 16.5. The first-order chi connectivity index (χ1) is 12.2. The molecule has 0 bridgehead atoms. The normalized spacial score (nSPS) is 21.3. The molecule has 2 aliphatic heterocycles. The van der Waals surface area contributed by atoms with Crippen LogP contribution in [0.5, 0.6) is 5.75 Å². The minimum atomic E-state index is -0.421. The van der Waals surface area contributed by atoms with Gasteiger partial charge in [-0.25, -0.2) is 0 Å². The maximum Gasteiger partial charge on any atom is 0.265 e. The molecule has 0 aliphatic carbocycles. The summed E-state index contributed by atoms with van der Waals surface area (Å²) in [4.78, 5) is 14.3. The molecule has 2 aromatic rings. The summed E-state index contributed by atoms with van der Waals surface area (Å²) < 4.78 is 5.63. The average molecular weight is 336 g/mol. The van der Waals surface area contributed by atoms with Crippen molar-refractivity contribution in [1.82, 2.24) is 4.90 Å². The van der Waals surface area contributed by atoms with E-state index in [0.717, 1.165) is 31.1 Å². The van der Waals surface area contributed by atoms with Crippen molar-refractivity contribution in [1.29, 1.82) is 0 Å². The Morgan fingerprint density at radius 1 is 1.12 bits per heavy atom. The number of nitrogens with zero attached hydrogens (tertiary/aromatic N) is 1. The zero-order valence-electron chi connectivity index (χ0n) is 14.6. The van der Waals surface area contributed by atoms with Crippen LogP contribution < -0.4 is 10.1 Å². The minimum Gasteiger partial charge on any atom is -0.479 e. The summed E-state index contributed by atoms with van der Waals surface area (Å²) in [7, 11) is 0. The van der Waals surface area contributed by atoms with Gasteiger partial charge in [0, 0.05) is 6.54 Å². The number of hydrogen-bond donors (Lipinski definition) is 1. The van der Waals surface area contributed by atoms with E-state index in [9.17, 15) is 4.79 Å². The van der Waals surface area contributed by atoms with E-state index in [1.54, 1.807) is 6.92 Å². The van der Waals surface area contributed by atoms with E-state index in [4.69, 9.17) is 4.74 Å². The number of amides is 1. The predicted molar refractivity (Wildman–Crippen MR) is 98.9 cm³/mol. The van der Waals surface area contributed by atoms with Gasteiger partial charge in [0.25, 0.3) is 5.91 Å². The second kappa shape index (κ2) is 6.89. The number of carbonyl (C=O) groups is 1. The molecule has 1 N–H and O–H groups in total. The Morgan fingerprint density at radius 3 is 2.64 bits per heavy atom. The van der Waals surface area contributed by atoms with Gasteiger partial charge < -0.3 is 10.1 Å². The molecule has 1 amide bonds. The van der Waals surface area contributed by atoms with Crippen molar-refractivity contribution in [3.05, 3.63) is 59.7 Å². The first kappa shape index (κ1) is 16.2. The number of benzene rings is 2. The van der Waals surface area contributed by atoms with E-state index in [1.807, 2.05) is 12.1 Å². The lowest BCUT2D eigenvalue weighted by Crippen LogP contribution is -2.35. The summed E-state index contributed by atoms with van der Waals surface area (Å²) in [5.41, 5.74) is 3.47. The zero-order chi connectivity index (χ0) is 17.2. The van der Waals surface area contributed by atoms with Crippen LogP contribution in [0.2, 0.25) is 0 Å². The summed E-state index contributed by atoms with van der Waals surface area (Å²) >= 11 is 0. The number of carbonyl (C=O) groups excluding carboxylic acids is 1. The highest BCUT2D eigenvalue weighted by molar-refractivity contribution is 5.97. The topological polar surface area (TPSA) is 41.6 Å². The van der Waals surface area contributed by atoms with Gasteiger partial charge in [-0.05, 0) is 62.0 Å². The smallest absolute Gasteiger partial charge is 0.265 e. The Balaban J connectivity index is 1.38. The SMILES string of the molecule is C[C@H]1Oc2ccc(CN3CCC(c4ccccc4)CC3)cc2NC1=O. The molecule has 1 atom stereocenters. The Kier molecular flexibility index (Phi) is 4.45. The molecule has 0 spiro atoms. The molecule has 2 heterocycles. The van der Waals surface area contributed by atoms with Gasteiger partial charge in [-0.1, -0.05) is 36.4 Å². The highest BCUT2D eigenvalue weighted by Crippen LogP contribution is 2.32. The third-order valence-electron chi connectivity index (χ3n) is 5.24. The molecular weight excluding hydrogens is 312 g/mol. The molecule has 130 valence electrons. The Morgan fingerprint density at radius 2 is 1.88 bits per heavy atom. The number of anilines is 1. The van der Waals surface area contributed by atoms with Crippen LogP contribution in [0.1, 0.15) is 36.8 Å². The molecule has 1 saturated heterocycles. The maximum absolute atomic E-state index is 11.8. The Hall–Kier alpha value is -2.33. The first-order valence-corrected chi connectivity index (χ1v) is 9.07. The van der Waals surface area contributed by atoms with E-state index in [0.29, 0.717) is 5.92 Å². The van der Waals surface area contributed by atoms with Crippen molar-refractivity contribution in [2.75, 3.05) is 18.4 Å². The maximum atomic E-state index is 11.8. The summed E-state index contributed by atoms with van der Waals surface area (Å²) in [6.07, 6.45) is 1.98. The third kappa shape index (κ3) is 3.54. The molecular formula is C21H24N2O2. The van der Waals surface area contributed by atoms with Gasteiger partial charge >= 0.3 is 0 Å². The Bertz CT molecular complexity index is 752. The quantitative estimate of drug-likeness (QED) is 0.927. The summed E-state index contributed by atoms with van der Waals surface area (Å²) in [5, 5.41) is 2.93. The summed E-state index contributed by atoms with van der Waals surface area (Å²) in [6.45, 7) is 4.90. The van der Waals surface area contributed by atoms with Crippen molar-refractivity contribution in [3.8, 4) is 5.75 Å². The Labute approximate surface area is 148 Å². The summed E-state index contributed by atoms with van der Waals surface area (Å²) in [5.74, 6) is 1.36. The van der Waals surface area contributed by atoms with Crippen LogP contribution in [0.4, 0.5) is 5.69 Å². The van der Waals surface area contributed by atoms with Gasteiger partial charge in [-0.2, -0.15) is 0 Å². The molecule has 4 heteroatoms. The fourth-order valence-electron chi connectivity index (χ4n) is 3.76. The lowest BCUT2D eigenvalue weighted by molar-refractivity contribution is -0.122. The number of hydrogen-bond acceptors (Lipinski definition) is 3. The largest absolute Gasteiger partial charge is 0.479 e. The first-order valence-electron chi connectivity index (χ1n) is 9.07. The van der Waals surface area contributed by atoms with E-state index >= 15 is 0 Å². The third-order valence-corrected chi connectivity index (χ3v) is 5.24. The molecule has 2 aliphatic rings. The van der Waals surface area contributed by atoms with Gasteiger partial charge in [0.05, 0.1) is 5.69 Å². The molecule has 0 aromatic heterocycles. The van der Waals surface area contributed by atoms with Gasteiger partial charge in [0.1, 0.15) is 5.75 Å². The number of nitrogens with one attached hydrogen (secondary N) is 1. The molecule has 0 unspecified atom stereocenters. The number of likely N-dealkylation sites (tertiary alicyclic amines) is 1. The van der Waals surface area contributed by atoms with E-state index in [2.05, 4.69) is 46.6 Å². The van der Waals surface area contributed by atoms with Gasteiger partial charge in [0.2, 0.25) is 0 Å². The van der Waals surface area contributed by atoms with Crippen molar-refractivity contribution in [3.63, 3.8) is 0 Å². The van der Waals surface area contributed by atoms with Crippen LogP contribution in [0.15, 0.2) is 48.5 Å². The number of ether oxygens (including phenoxy) is 1. The van der Waals surface area contributed by atoms with E-state index in [1.165, 1.54) is 24.0 Å². The number of fused-ring (bicyclic) bond motifs is 1. The molecule has 4 nitrogen and oxygen atoms in total. The fraction of sp³-hybridized carbons (Fsp3) is 0.381. The van der Waals surface area contributed by atoms with Crippen LogP contribution in [0, 0.1) is 0 Å². The van der Waals surface area contributed by atoms with Gasteiger partial charge in [-0.15, -0.1) is 0 Å². The van der Waals surface area contributed by atoms with Crippen LogP contribution in [-0.4, -0.2) is 30.0 Å². The lowest BCUT2D eigenvalue weighted by atomic mass is 9.89. The second-order valence-electron chi connectivity index (χ2n) is 7.04.